The maximum atomic E-state index is 15.1. The van der Waals surface area contributed by atoms with Gasteiger partial charge in [0.2, 0.25) is 0 Å². The van der Waals surface area contributed by atoms with Crippen LogP contribution < -0.4 is 0 Å². The molecule has 4 atom stereocenters. The van der Waals surface area contributed by atoms with Gasteiger partial charge in [-0.2, -0.15) is 0 Å². The largest absolute Gasteiger partial charge is 0.468 e. The number of methoxy groups -OCH3 is 2. The Morgan fingerprint density at radius 1 is 0.727 bits per heavy atom. The summed E-state index contributed by atoms with van der Waals surface area (Å²) >= 11 is 2.39. The Morgan fingerprint density at radius 3 is 1.57 bits per heavy atom. The van der Waals surface area contributed by atoms with Crippen LogP contribution >= 0.6 is 23.5 Å². The van der Waals surface area contributed by atoms with E-state index in [2.05, 4.69) is 0 Å². The van der Waals surface area contributed by atoms with Crippen molar-refractivity contribution < 1.29 is 32.3 Å². The predicted molar refractivity (Wildman–Crippen MR) is 175 cm³/mol. The molecule has 3 aromatic carbocycles. The van der Waals surface area contributed by atoms with E-state index in [0.717, 1.165) is 16.7 Å². The average Bonchev–Trinajstić information content (AvgIpc) is 3.35. The standard InChI is InChI=1S/C34H34O7S3/c1-33-27(22-14-8-5-9-15-22)28(23-16-10-6-11-17-23)34(2,32(33)37)30(44(38,39)24-18-12-7-13-19-24)29(33)31(42-20-25(35)40-3)43-21-26(36)41-4/h5-19,29-31H,20-21H2,1-4H3. The van der Waals surface area contributed by atoms with E-state index in [0.29, 0.717) is 5.57 Å². The summed E-state index contributed by atoms with van der Waals surface area (Å²) in [4.78, 5) is 39.9. The molecule has 10 heteroatoms. The number of thioether (sulfide) groups is 2. The van der Waals surface area contributed by atoms with E-state index in [9.17, 15) is 18.0 Å². The first-order valence-electron chi connectivity index (χ1n) is 14.1. The van der Waals surface area contributed by atoms with Crippen molar-refractivity contribution in [1.82, 2.24) is 0 Å². The third kappa shape index (κ3) is 5.20. The maximum Gasteiger partial charge on any atom is 0.315 e. The van der Waals surface area contributed by atoms with Gasteiger partial charge in [0.1, 0.15) is 0 Å². The quantitative estimate of drug-likeness (QED) is 0.188. The van der Waals surface area contributed by atoms with Crippen LogP contribution in [0.1, 0.15) is 25.0 Å². The Hall–Kier alpha value is -3.34. The number of hydrogen-bond donors (Lipinski definition) is 0. The summed E-state index contributed by atoms with van der Waals surface area (Å²) in [5.74, 6) is -2.16. The van der Waals surface area contributed by atoms with Crippen LogP contribution in [0.3, 0.4) is 0 Å². The monoisotopic (exact) mass is 650 g/mol. The van der Waals surface area contributed by atoms with E-state index in [-0.39, 0.29) is 22.2 Å². The first-order chi connectivity index (χ1) is 21.0. The molecule has 3 aromatic rings. The minimum Gasteiger partial charge on any atom is -0.468 e. The molecule has 5 rings (SSSR count). The van der Waals surface area contributed by atoms with E-state index in [1.807, 2.05) is 67.6 Å². The van der Waals surface area contributed by atoms with Crippen LogP contribution in [0, 0.1) is 16.7 Å². The van der Waals surface area contributed by atoms with Crippen LogP contribution in [0.2, 0.25) is 0 Å². The van der Waals surface area contributed by atoms with Gasteiger partial charge in [-0.1, -0.05) is 78.9 Å². The molecule has 1 saturated carbocycles. The second kappa shape index (κ2) is 12.6. The molecule has 0 radical (unpaired) electrons. The van der Waals surface area contributed by atoms with Crippen molar-refractivity contribution in [2.45, 2.75) is 28.6 Å². The molecule has 0 N–H and O–H groups in total. The van der Waals surface area contributed by atoms with Crippen molar-refractivity contribution in [3.05, 3.63) is 102 Å². The fourth-order valence-electron chi connectivity index (χ4n) is 6.98. The zero-order valence-corrected chi connectivity index (χ0v) is 27.3. The second-order valence-electron chi connectivity index (χ2n) is 11.2. The van der Waals surface area contributed by atoms with Crippen LogP contribution in [0.5, 0.6) is 0 Å². The highest BCUT2D eigenvalue weighted by Gasteiger charge is 2.76. The molecule has 0 spiro atoms. The number of hydrogen-bond acceptors (Lipinski definition) is 9. The van der Waals surface area contributed by atoms with E-state index >= 15 is 4.79 Å². The highest BCUT2D eigenvalue weighted by molar-refractivity contribution is 8.17. The van der Waals surface area contributed by atoms with Gasteiger partial charge in [0.15, 0.2) is 15.6 Å². The minimum absolute atomic E-state index is 0.0825. The predicted octanol–water partition coefficient (Wildman–Crippen LogP) is 5.80. The molecule has 0 saturated heterocycles. The SMILES string of the molecule is COC(=O)CSC(SCC(=O)OC)C1C(S(=O)(=O)c2ccccc2)C2(C)C(=O)C1(C)C(c1ccccc1)=C2c1ccccc1. The number of esters is 2. The number of rotatable bonds is 11. The Bertz CT molecular complexity index is 1670. The van der Waals surface area contributed by atoms with Crippen LogP contribution in [0.25, 0.3) is 11.1 Å². The molecule has 0 aromatic heterocycles. The lowest BCUT2D eigenvalue weighted by molar-refractivity contribution is -0.138. The van der Waals surface area contributed by atoms with Gasteiger partial charge in [-0.05, 0) is 48.3 Å². The van der Waals surface area contributed by atoms with E-state index in [1.54, 1.807) is 37.3 Å². The molecule has 0 aliphatic heterocycles. The number of sulfone groups is 1. The Balaban J connectivity index is 1.84. The number of ketones is 1. The molecule has 2 aliphatic rings. The summed E-state index contributed by atoms with van der Waals surface area (Å²) < 4.78 is 38.9. The number of allylic oxidation sites excluding steroid dienone is 2. The third-order valence-electron chi connectivity index (χ3n) is 8.80. The van der Waals surface area contributed by atoms with Gasteiger partial charge < -0.3 is 9.47 Å². The van der Waals surface area contributed by atoms with Gasteiger partial charge in [-0.25, -0.2) is 8.42 Å². The molecular weight excluding hydrogens is 617 g/mol. The number of fused-ring (bicyclic) bond motifs is 2. The molecule has 2 aliphatic carbocycles. The zero-order valence-electron chi connectivity index (χ0n) is 24.9. The third-order valence-corrected chi connectivity index (χ3v) is 14.0. The summed E-state index contributed by atoms with van der Waals surface area (Å²) in [6.07, 6.45) is 0. The Labute approximate surface area is 266 Å². The number of ether oxygens (including phenoxy) is 2. The topological polar surface area (TPSA) is 104 Å². The van der Waals surface area contributed by atoms with Crippen molar-refractivity contribution in [1.29, 1.82) is 0 Å². The normalized spacial score (nSPS) is 24.5. The molecule has 2 bridgehead atoms. The van der Waals surface area contributed by atoms with Gasteiger partial charge in [0.05, 0.1) is 51.3 Å². The summed E-state index contributed by atoms with van der Waals surface area (Å²) in [5.41, 5.74) is 0.317. The van der Waals surface area contributed by atoms with Crippen LogP contribution in [0.15, 0.2) is 95.9 Å². The maximum absolute atomic E-state index is 15.1. The summed E-state index contributed by atoms with van der Waals surface area (Å²) in [7, 11) is -1.57. The summed E-state index contributed by atoms with van der Waals surface area (Å²) in [6.45, 7) is 3.59. The zero-order chi connectivity index (χ0) is 31.7. The van der Waals surface area contributed by atoms with E-state index in [1.165, 1.54) is 37.7 Å². The minimum atomic E-state index is -4.14. The Kier molecular flexibility index (Phi) is 9.16. The van der Waals surface area contributed by atoms with Crippen LogP contribution in [-0.4, -0.2) is 61.7 Å². The first-order valence-corrected chi connectivity index (χ1v) is 17.7. The lowest BCUT2D eigenvalue weighted by Gasteiger charge is -2.44. The van der Waals surface area contributed by atoms with Crippen molar-refractivity contribution in [2.24, 2.45) is 16.7 Å². The average molecular weight is 651 g/mol. The number of Topliss-reactive ketones (excluding diaryl/α,β-unsaturated/α-hetero) is 1. The molecule has 7 nitrogen and oxygen atoms in total. The second-order valence-corrected chi connectivity index (χ2v) is 15.8. The van der Waals surface area contributed by atoms with Crippen molar-refractivity contribution >= 4 is 62.2 Å². The number of carbonyl (C=O) groups is 3. The van der Waals surface area contributed by atoms with Gasteiger partial charge in [-0.3, -0.25) is 14.4 Å². The molecule has 0 amide bonds. The van der Waals surface area contributed by atoms with Gasteiger partial charge in [0, 0.05) is 5.92 Å². The summed E-state index contributed by atoms with van der Waals surface area (Å²) in [6, 6.07) is 27.2. The van der Waals surface area contributed by atoms with Crippen molar-refractivity contribution in [3.8, 4) is 0 Å². The molecule has 0 heterocycles. The smallest absolute Gasteiger partial charge is 0.315 e. The van der Waals surface area contributed by atoms with Gasteiger partial charge in [0.25, 0.3) is 0 Å². The number of benzene rings is 3. The van der Waals surface area contributed by atoms with Crippen molar-refractivity contribution in [2.75, 3.05) is 25.7 Å². The highest BCUT2D eigenvalue weighted by atomic mass is 32.2. The lowest BCUT2D eigenvalue weighted by atomic mass is 9.67. The van der Waals surface area contributed by atoms with Crippen LogP contribution in [0.4, 0.5) is 0 Å². The molecule has 1 fully saturated rings. The van der Waals surface area contributed by atoms with Crippen LogP contribution in [-0.2, 0) is 33.7 Å². The molecule has 4 unspecified atom stereocenters. The Morgan fingerprint density at radius 2 is 1.14 bits per heavy atom. The van der Waals surface area contributed by atoms with Gasteiger partial charge in [-0.15, -0.1) is 23.5 Å². The highest BCUT2D eigenvalue weighted by Crippen LogP contribution is 2.73. The molecule has 44 heavy (non-hydrogen) atoms. The van der Waals surface area contributed by atoms with E-state index in [4.69, 9.17) is 9.47 Å². The first kappa shape index (κ1) is 32.1. The van der Waals surface area contributed by atoms with Gasteiger partial charge >= 0.3 is 11.9 Å². The fraction of sp³-hybridized carbons (Fsp3) is 0.324. The lowest BCUT2D eigenvalue weighted by Crippen LogP contribution is -2.47. The summed E-state index contributed by atoms with van der Waals surface area (Å²) in [5, 5.41) is -1.20. The fourth-order valence-corrected chi connectivity index (χ4v) is 12.6. The number of carbonyl (C=O) groups excluding carboxylic acids is 3. The molecule has 230 valence electrons. The van der Waals surface area contributed by atoms with E-state index < -0.39 is 48.4 Å². The van der Waals surface area contributed by atoms with Crippen molar-refractivity contribution in [3.63, 3.8) is 0 Å². The molecular formula is C34H34O7S3.